The minimum absolute atomic E-state index is 0.0956. The molecule has 1 aromatic rings. The van der Waals surface area contributed by atoms with Crippen LogP contribution in [-0.2, 0) is 4.79 Å². The molecule has 0 bridgehead atoms. The monoisotopic (exact) mass is 284 g/mol. The highest BCUT2D eigenvalue weighted by atomic mass is 79.9. The molecule has 0 saturated heterocycles. The van der Waals surface area contributed by atoms with Crippen LogP contribution in [0.4, 0.5) is 11.4 Å². The van der Waals surface area contributed by atoms with Crippen molar-refractivity contribution in [2.45, 2.75) is 0 Å². The molecule has 16 heavy (non-hydrogen) atoms. The molecule has 0 aliphatic heterocycles. The maximum absolute atomic E-state index is 11.1. The molecule has 0 aliphatic rings. The van der Waals surface area contributed by atoms with Crippen molar-refractivity contribution in [1.82, 2.24) is 5.01 Å². The molecule has 0 heterocycles. The van der Waals surface area contributed by atoms with Gasteiger partial charge in [0, 0.05) is 19.8 Å². The van der Waals surface area contributed by atoms with Crippen LogP contribution in [0.15, 0.2) is 34.6 Å². The van der Waals surface area contributed by atoms with E-state index in [2.05, 4.69) is 31.6 Å². The van der Waals surface area contributed by atoms with Crippen molar-refractivity contribution in [3.05, 3.63) is 24.3 Å². The van der Waals surface area contributed by atoms with Crippen LogP contribution in [0.1, 0.15) is 0 Å². The molecule has 86 valence electrons. The van der Waals surface area contributed by atoms with Crippen LogP contribution < -0.4 is 5.32 Å². The maximum Gasteiger partial charge on any atom is 0.235 e. The smallest absolute Gasteiger partial charge is 0.235 e. The van der Waals surface area contributed by atoms with Gasteiger partial charge in [0.25, 0.3) is 0 Å². The molecule has 6 heteroatoms. The van der Waals surface area contributed by atoms with E-state index in [0.29, 0.717) is 11.4 Å². The number of halogens is 1. The zero-order chi connectivity index (χ0) is 12.0. The van der Waals surface area contributed by atoms with Gasteiger partial charge in [-0.2, -0.15) is 0 Å². The van der Waals surface area contributed by atoms with E-state index in [4.69, 9.17) is 0 Å². The molecule has 0 unspecified atom stereocenters. The number of nitrogens with zero attached hydrogens (tertiary/aromatic N) is 3. The normalized spacial score (nSPS) is 10.4. The summed E-state index contributed by atoms with van der Waals surface area (Å²) >= 11 is 3.08. The summed E-state index contributed by atoms with van der Waals surface area (Å²) < 4.78 is 0. The van der Waals surface area contributed by atoms with Gasteiger partial charge in [0.2, 0.25) is 5.91 Å². The Bertz CT molecular complexity index is 392. The number of hydrogen-bond donors (Lipinski definition) is 1. The molecule has 0 aliphatic carbocycles. The first-order valence-corrected chi connectivity index (χ1v) is 5.79. The van der Waals surface area contributed by atoms with Gasteiger partial charge >= 0.3 is 0 Å². The Hall–Kier alpha value is -1.43. The number of carbonyl (C=O) groups is 1. The highest BCUT2D eigenvalue weighted by Gasteiger charge is 2.00. The van der Waals surface area contributed by atoms with Crippen LogP contribution >= 0.6 is 15.9 Å². The first kappa shape index (κ1) is 12.6. The number of amides is 1. The minimum Gasteiger partial charge on any atom is -0.325 e. The maximum atomic E-state index is 11.1. The molecule has 0 fully saturated rings. The second kappa shape index (κ2) is 6.22. The van der Waals surface area contributed by atoms with Gasteiger partial charge in [-0.25, -0.2) is 0 Å². The number of nitrogens with one attached hydrogen (secondary N) is 1. The van der Waals surface area contributed by atoms with Crippen molar-refractivity contribution >= 4 is 33.2 Å². The average molecular weight is 285 g/mol. The van der Waals surface area contributed by atoms with E-state index in [0.717, 1.165) is 0 Å². The molecule has 5 nitrogen and oxygen atoms in total. The lowest BCUT2D eigenvalue weighted by atomic mass is 10.3. The lowest BCUT2D eigenvalue weighted by molar-refractivity contribution is -0.113. The van der Waals surface area contributed by atoms with E-state index in [1.165, 1.54) is 0 Å². The fraction of sp³-hybridized carbons (Fsp3) is 0.300. The standard InChI is InChI=1S/C10H13BrN4O/c1-15(2)14-13-9-5-3-4-8(6-9)12-10(16)7-11/h3-6H,7H2,1-2H3,(H,12,16). The predicted octanol–water partition coefficient (Wildman–Crippen LogP) is 2.58. The van der Waals surface area contributed by atoms with Crippen LogP contribution in [0, 0.1) is 0 Å². The zero-order valence-electron chi connectivity index (χ0n) is 9.14. The molecule has 1 amide bonds. The quantitative estimate of drug-likeness (QED) is 0.525. The first-order valence-electron chi connectivity index (χ1n) is 4.66. The molecule has 0 radical (unpaired) electrons. The Balaban J connectivity index is 2.75. The van der Waals surface area contributed by atoms with Crippen molar-refractivity contribution in [3.8, 4) is 0 Å². The van der Waals surface area contributed by atoms with Crippen LogP contribution in [0.5, 0.6) is 0 Å². The molecular weight excluding hydrogens is 272 g/mol. The zero-order valence-corrected chi connectivity index (χ0v) is 10.7. The third kappa shape index (κ3) is 4.39. The van der Waals surface area contributed by atoms with Crippen molar-refractivity contribution in [2.75, 3.05) is 24.7 Å². The highest BCUT2D eigenvalue weighted by molar-refractivity contribution is 9.09. The van der Waals surface area contributed by atoms with Crippen molar-refractivity contribution in [1.29, 1.82) is 0 Å². The molecule has 1 N–H and O–H groups in total. The average Bonchev–Trinajstić information content (AvgIpc) is 2.26. The summed E-state index contributed by atoms with van der Waals surface area (Å²) in [5, 5.41) is 12.5. The van der Waals surface area contributed by atoms with Crippen molar-refractivity contribution in [2.24, 2.45) is 10.3 Å². The van der Waals surface area contributed by atoms with Gasteiger partial charge in [-0.05, 0) is 18.2 Å². The minimum atomic E-state index is -0.0956. The van der Waals surface area contributed by atoms with E-state index in [1.54, 1.807) is 31.2 Å². The Kier molecular flexibility index (Phi) is 4.91. The summed E-state index contributed by atoms with van der Waals surface area (Å²) in [6.07, 6.45) is 0. The number of anilines is 1. The summed E-state index contributed by atoms with van der Waals surface area (Å²) in [5.74, 6) is -0.0956. The lowest BCUT2D eigenvalue weighted by Crippen LogP contribution is -2.11. The predicted molar refractivity (Wildman–Crippen MR) is 67.1 cm³/mol. The van der Waals surface area contributed by atoms with E-state index < -0.39 is 0 Å². The molecule has 1 rings (SSSR count). The number of alkyl halides is 1. The Morgan fingerprint density at radius 2 is 2.25 bits per heavy atom. The SMILES string of the molecule is CN(C)N=Nc1cccc(NC(=O)CBr)c1. The van der Waals surface area contributed by atoms with Gasteiger partial charge in [-0.1, -0.05) is 27.2 Å². The van der Waals surface area contributed by atoms with Crippen molar-refractivity contribution in [3.63, 3.8) is 0 Å². The van der Waals surface area contributed by atoms with Gasteiger partial charge in [0.1, 0.15) is 0 Å². The largest absolute Gasteiger partial charge is 0.325 e. The summed E-state index contributed by atoms with van der Waals surface area (Å²) in [6, 6.07) is 7.19. The summed E-state index contributed by atoms with van der Waals surface area (Å²) in [6.45, 7) is 0. The number of carbonyl (C=O) groups excluding carboxylic acids is 1. The van der Waals surface area contributed by atoms with E-state index >= 15 is 0 Å². The first-order chi connectivity index (χ1) is 7.61. The second-order valence-corrected chi connectivity index (χ2v) is 3.83. The topological polar surface area (TPSA) is 57.1 Å². The number of rotatable bonds is 4. The Morgan fingerprint density at radius 1 is 1.50 bits per heavy atom. The third-order valence-corrected chi connectivity index (χ3v) is 2.10. The van der Waals surface area contributed by atoms with Gasteiger partial charge < -0.3 is 5.32 Å². The summed E-state index contributed by atoms with van der Waals surface area (Å²) in [7, 11) is 3.58. The van der Waals surface area contributed by atoms with E-state index in [1.807, 2.05) is 12.1 Å². The lowest BCUT2D eigenvalue weighted by Gasteiger charge is -2.04. The van der Waals surface area contributed by atoms with Crippen molar-refractivity contribution < 1.29 is 4.79 Å². The fourth-order valence-electron chi connectivity index (χ4n) is 0.981. The second-order valence-electron chi connectivity index (χ2n) is 3.27. The number of hydrogen-bond acceptors (Lipinski definition) is 3. The Morgan fingerprint density at radius 3 is 2.88 bits per heavy atom. The Labute approximate surface area is 103 Å². The molecule has 0 aromatic heterocycles. The van der Waals surface area contributed by atoms with Crippen LogP contribution in [-0.4, -0.2) is 30.3 Å². The van der Waals surface area contributed by atoms with Crippen LogP contribution in [0.3, 0.4) is 0 Å². The van der Waals surface area contributed by atoms with Gasteiger partial charge in [-0.15, -0.1) is 5.11 Å². The van der Waals surface area contributed by atoms with Crippen LogP contribution in [0.25, 0.3) is 0 Å². The highest BCUT2D eigenvalue weighted by Crippen LogP contribution is 2.18. The molecule has 0 spiro atoms. The summed E-state index contributed by atoms with van der Waals surface area (Å²) in [4.78, 5) is 11.1. The van der Waals surface area contributed by atoms with Gasteiger partial charge in [-0.3, -0.25) is 9.80 Å². The van der Waals surface area contributed by atoms with E-state index in [9.17, 15) is 4.79 Å². The summed E-state index contributed by atoms with van der Waals surface area (Å²) in [5.41, 5.74) is 1.40. The fourth-order valence-corrected chi connectivity index (χ4v) is 1.12. The molecule has 0 saturated carbocycles. The third-order valence-electron chi connectivity index (χ3n) is 1.59. The van der Waals surface area contributed by atoms with E-state index in [-0.39, 0.29) is 11.2 Å². The van der Waals surface area contributed by atoms with Gasteiger partial charge in [0.05, 0.1) is 11.0 Å². The van der Waals surface area contributed by atoms with Gasteiger partial charge in [0.15, 0.2) is 0 Å². The van der Waals surface area contributed by atoms with Crippen LogP contribution in [0.2, 0.25) is 0 Å². The molecule has 0 atom stereocenters. The molecule has 1 aromatic carbocycles. The number of benzene rings is 1. The molecular formula is C10H13BrN4O.